The van der Waals surface area contributed by atoms with E-state index in [-0.39, 0.29) is 23.4 Å². The van der Waals surface area contributed by atoms with Crippen molar-refractivity contribution >= 4 is 23.4 Å². The van der Waals surface area contributed by atoms with E-state index >= 15 is 0 Å². The van der Waals surface area contributed by atoms with Crippen molar-refractivity contribution in [1.29, 1.82) is 0 Å². The summed E-state index contributed by atoms with van der Waals surface area (Å²) in [6.45, 7) is 2.37. The first-order valence-corrected chi connectivity index (χ1v) is 8.61. The van der Waals surface area contributed by atoms with Gasteiger partial charge in [0.2, 0.25) is 5.95 Å². The van der Waals surface area contributed by atoms with Gasteiger partial charge in [-0.25, -0.2) is 9.78 Å². The third-order valence-corrected chi connectivity index (χ3v) is 4.52. The van der Waals surface area contributed by atoms with E-state index in [0.717, 1.165) is 25.3 Å². The van der Waals surface area contributed by atoms with Crippen molar-refractivity contribution in [1.82, 2.24) is 9.97 Å². The number of carbonyl (C=O) groups is 1. The average Bonchev–Trinajstić information content (AvgIpc) is 2.57. The molecule has 0 aliphatic heterocycles. The molecule has 0 spiro atoms. The van der Waals surface area contributed by atoms with Crippen LogP contribution in [-0.4, -0.2) is 33.6 Å². The number of anilines is 3. The first kappa shape index (κ1) is 18.9. The number of nitrogens with one attached hydrogen (secondary N) is 1. The van der Waals surface area contributed by atoms with Crippen LogP contribution >= 0.6 is 0 Å². The Bertz CT molecular complexity index is 820. The molecule has 0 atom stereocenters. The lowest BCUT2D eigenvalue weighted by Crippen LogP contribution is -2.41. The molecule has 1 saturated carbocycles. The lowest BCUT2D eigenvalue weighted by atomic mass is 9.92. The Morgan fingerprint density at radius 2 is 1.93 bits per heavy atom. The number of aromatic carboxylic acids is 1. The van der Waals surface area contributed by atoms with E-state index in [1.165, 1.54) is 24.3 Å². The maximum absolute atomic E-state index is 13.3. The molecule has 27 heavy (non-hydrogen) atoms. The predicted molar refractivity (Wildman–Crippen MR) is 94.4 cm³/mol. The molecule has 1 aromatic heterocycles. The van der Waals surface area contributed by atoms with Crippen molar-refractivity contribution in [3.63, 3.8) is 0 Å². The first-order valence-electron chi connectivity index (χ1n) is 8.61. The second-order valence-corrected chi connectivity index (χ2v) is 6.31. The number of alkyl halides is 3. The number of nitrogens with zero attached hydrogens (tertiary/aromatic N) is 3. The molecule has 6 nitrogen and oxygen atoms in total. The molecule has 2 aromatic rings. The van der Waals surface area contributed by atoms with Crippen LogP contribution in [0.25, 0.3) is 0 Å². The van der Waals surface area contributed by atoms with Gasteiger partial charge >= 0.3 is 12.1 Å². The third-order valence-electron chi connectivity index (χ3n) is 4.52. The van der Waals surface area contributed by atoms with Crippen LogP contribution in [0.1, 0.15) is 42.2 Å². The van der Waals surface area contributed by atoms with Gasteiger partial charge in [0.05, 0.1) is 5.56 Å². The number of benzene rings is 1. The Balaban J connectivity index is 1.93. The van der Waals surface area contributed by atoms with Crippen molar-refractivity contribution in [3.05, 3.63) is 41.6 Å². The predicted octanol–water partition coefficient (Wildman–Crippen LogP) is 4.32. The minimum absolute atomic E-state index is 0.00757. The van der Waals surface area contributed by atoms with Gasteiger partial charge < -0.3 is 15.3 Å². The topological polar surface area (TPSA) is 78.4 Å². The second-order valence-electron chi connectivity index (χ2n) is 6.31. The molecule has 2 N–H and O–H groups in total. The maximum atomic E-state index is 13.3. The summed E-state index contributed by atoms with van der Waals surface area (Å²) >= 11 is 0. The van der Waals surface area contributed by atoms with Gasteiger partial charge in [0.25, 0.3) is 0 Å². The highest BCUT2D eigenvalue weighted by Crippen LogP contribution is 2.33. The quantitative estimate of drug-likeness (QED) is 0.777. The molecule has 0 bridgehead atoms. The largest absolute Gasteiger partial charge is 0.478 e. The number of carboxylic acid groups (broad SMARTS) is 1. The summed E-state index contributed by atoms with van der Waals surface area (Å²) in [7, 11) is 0. The highest BCUT2D eigenvalue weighted by molar-refractivity contribution is 5.88. The number of carboxylic acids is 1. The zero-order valence-electron chi connectivity index (χ0n) is 14.6. The summed E-state index contributed by atoms with van der Waals surface area (Å²) in [4.78, 5) is 20.7. The van der Waals surface area contributed by atoms with Gasteiger partial charge in [0.15, 0.2) is 5.69 Å². The summed E-state index contributed by atoms with van der Waals surface area (Å²) in [6.07, 6.45) is -1.73. The van der Waals surface area contributed by atoms with E-state index < -0.39 is 17.8 Å². The van der Waals surface area contributed by atoms with E-state index in [2.05, 4.69) is 15.3 Å². The van der Waals surface area contributed by atoms with Gasteiger partial charge in [-0.2, -0.15) is 18.2 Å². The molecule has 0 amide bonds. The van der Waals surface area contributed by atoms with Crippen molar-refractivity contribution < 1.29 is 23.1 Å². The van der Waals surface area contributed by atoms with Crippen molar-refractivity contribution in [2.24, 2.45) is 0 Å². The zero-order chi connectivity index (χ0) is 19.6. The van der Waals surface area contributed by atoms with E-state index in [0.29, 0.717) is 12.2 Å². The van der Waals surface area contributed by atoms with Crippen LogP contribution in [0.4, 0.5) is 30.6 Å². The van der Waals surface area contributed by atoms with Crippen LogP contribution in [0.15, 0.2) is 30.3 Å². The molecule has 3 rings (SSSR count). The Kier molecular flexibility index (Phi) is 5.20. The van der Waals surface area contributed by atoms with Crippen LogP contribution in [0, 0.1) is 0 Å². The molecule has 1 aliphatic rings. The van der Waals surface area contributed by atoms with Crippen LogP contribution in [0.5, 0.6) is 0 Å². The van der Waals surface area contributed by atoms with Crippen LogP contribution < -0.4 is 10.2 Å². The third kappa shape index (κ3) is 4.29. The summed E-state index contributed by atoms with van der Waals surface area (Å²) in [5.41, 5.74) is -0.499. The van der Waals surface area contributed by atoms with Crippen LogP contribution in [0.3, 0.4) is 0 Å². The highest BCUT2D eigenvalue weighted by atomic mass is 19.4. The van der Waals surface area contributed by atoms with Crippen LogP contribution in [-0.2, 0) is 6.18 Å². The second kappa shape index (κ2) is 7.42. The molecular formula is C18H19F3N4O2. The molecule has 9 heteroatoms. The van der Waals surface area contributed by atoms with Crippen molar-refractivity contribution in [2.75, 3.05) is 16.8 Å². The SMILES string of the molecule is CCN(c1nc(Nc2ccc(C(=O)O)cc2)cc(C(F)(F)F)n1)C1CCC1. The highest BCUT2D eigenvalue weighted by Gasteiger charge is 2.35. The lowest BCUT2D eigenvalue weighted by molar-refractivity contribution is -0.141. The molecule has 1 heterocycles. The number of rotatable bonds is 6. The molecule has 0 unspecified atom stereocenters. The maximum Gasteiger partial charge on any atom is 0.433 e. The van der Waals surface area contributed by atoms with Gasteiger partial charge in [-0.15, -0.1) is 0 Å². The van der Waals surface area contributed by atoms with E-state index in [1.54, 1.807) is 4.90 Å². The Labute approximate surface area is 154 Å². The first-order chi connectivity index (χ1) is 12.8. The summed E-state index contributed by atoms with van der Waals surface area (Å²) in [6, 6.07) is 6.68. The zero-order valence-corrected chi connectivity index (χ0v) is 14.6. The Morgan fingerprint density at radius 3 is 2.41 bits per heavy atom. The Hall–Kier alpha value is -2.84. The summed E-state index contributed by atoms with van der Waals surface area (Å²) < 4.78 is 39.9. The van der Waals surface area contributed by atoms with Gasteiger partial charge in [-0.3, -0.25) is 0 Å². The Morgan fingerprint density at radius 1 is 1.26 bits per heavy atom. The normalized spacial score (nSPS) is 14.5. The summed E-state index contributed by atoms with van der Waals surface area (Å²) in [5.74, 6) is -1.03. The van der Waals surface area contributed by atoms with Gasteiger partial charge in [0, 0.05) is 24.3 Å². The lowest BCUT2D eigenvalue weighted by Gasteiger charge is -2.37. The van der Waals surface area contributed by atoms with Gasteiger partial charge in [-0.1, -0.05) is 0 Å². The minimum atomic E-state index is -4.60. The van der Waals surface area contributed by atoms with Crippen molar-refractivity contribution in [2.45, 2.75) is 38.4 Å². The molecular weight excluding hydrogens is 361 g/mol. The fourth-order valence-electron chi connectivity index (χ4n) is 2.88. The van der Waals surface area contributed by atoms with Gasteiger partial charge in [0.1, 0.15) is 5.82 Å². The fraction of sp³-hybridized carbons (Fsp3) is 0.389. The molecule has 144 valence electrons. The fourth-order valence-corrected chi connectivity index (χ4v) is 2.88. The molecule has 1 aliphatic carbocycles. The smallest absolute Gasteiger partial charge is 0.433 e. The number of aromatic nitrogens is 2. The van der Waals surface area contributed by atoms with E-state index in [1.807, 2.05) is 6.92 Å². The van der Waals surface area contributed by atoms with Gasteiger partial charge in [-0.05, 0) is 50.5 Å². The molecule has 0 radical (unpaired) electrons. The molecule has 1 fully saturated rings. The standard InChI is InChI=1S/C18H19F3N4O2/c1-2-25(13-4-3-5-13)17-23-14(18(19,20)21)10-15(24-17)22-12-8-6-11(7-9-12)16(26)27/h6-10,13H,2-5H2,1H3,(H,26,27)(H,22,23,24). The number of halogens is 3. The average molecular weight is 380 g/mol. The number of hydrogen-bond donors (Lipinski definition) is 2. The van der Waals surface area contributed by atoms with E-state index in [9.17, 15) is 18.0 Å². The number of hydrogen-bond acceptors (Lipinski definition) is 5. The monoisotopic (exact) mass is 380 g/mol. The molecule has 0 saturated heterocycles. The van der Waals surface area contributed by atoms with E-state index in [4.69, 9.17) is 5.11 Å². The molecule has 1 aromatic carbocycles. The summed E-state index contributed by atoms with van der Waals surface area (Å²) in [5, 5.41) is 11.7. The van der Waals surface area contributed by atoms with Crippen LogP contribution in [0.2, 0.25) is 0 Å². The van der Waals surface area contributed by atoms with Crippen molar-refractivity contribution in [3.8, 4) is 0 Å². The minimum Gasteiger partial charge on any atom is -0.478 e.